The Balaban J connectivity index is 0.00000323. The first kappa shape index (κ1) is 28.9. The number of aliphatic hydroxyl groups excluding tert-OH is 1. The van der Waals surface area contributed by atoms with Gasteiger partial charge in [-0.2, -0.15) is 0 Å². The molecule has 2 fully saturated rings. The van der Waals surface area contributed by atoms with Crippen molar-refractivity contribution in [1.29, 1.82) is 0 Å². The number of phenolic OH excluding ortho intramolecular Hbond substituents is 2. The van der Waals surface area contributed by atoms with E-state index in [0.29, 0.717) is 0 Å². The van der Waals surface area contributed by atoms with E-state index in [0.717, 1.165) is 0 Å². The van der Waals surface area contributed by atoms with Gasteiger partial charge in [0, 0.05) is 47.6 Å². The minimum atomic E-state index is -1.76. The number of rotatable bonds is 3. The molecule has 2 saturated heterocycles. The number of hydrogen-bond acceptors (Lipinski definition) is 11. The number of ketones is 2. The Labute approximate surface area is 236 Å². The Morgan fingerprint density at radius 2 is 1.60 bits per heavy atom. The largest absolute Gasteiger partial charge is 0.507 e. The number of hydrogen-bond donors (Lipinski definition) is 5. The minimum Gasteiger partial charge on any atom is -0.507 e. The highest BCUT2D eigenvalue weighted by Crippen LogP contribution is 2.54. The van der Waals surface area contributed by atoms with Gasteiger partial charge in [-0.05, 0) is 13.8 Å². The van der Waals surface area contributed by atoms with Crippen LogP contribution in [-0.4, -0.2) is 81.1 Å². The Hall–Kier alpha value is -2.61. The van der Waals surface area contributed by atoms with Crippen LogP contribution in [0.2, 0.25) is 0 Å². The molecule has 12 heteroatoms. The van der Waals surface area contributed by atoms with E-state index in [-0.39, 0.29) is 78.3 Å². The van der Waals surface area contributed by atoms with Crippen LogP contribution in [0.3, 0.4) is 0 Å². The van der Waals surface area contributed by atoms with E-state index in [1.807, 2.05) is 0 Å². The molecular formula is C28H32ClNO10. The lowest BCUT2D eigenvalue weighted by molar-refractivity contribution is -0.287. The SMILES string of the molecule is C[C@@H]1O[C@@H](O[C@H]2C[C@](O)(C3(C)OCCO3)Cc3c(O)c4c(c(O)c32)C(=O)c2ccccc2C4=O)C[C@H](N)[C@@H]1O.Cl. The maximum atomic E-state index is 13.5. The second-order valence-corrected chi connectivity index (χ2v) is 10.9. The number of fused-ring (bicyclic) bond motifs is 3. The van der Waals surface area contributed by atoms with E-state index in [9.17, 15) is 30.0 Å². The van der Waals surface area contributed by atoms with Gasteiger partial charge in [-0.3, -0.25) is 9.59 Å². The summed E-state index contributed by atoms with van der Waals surface area (Å²) in [6.45, 7) is 3.69. The van der Waals surface area contributed by atoms with Crippen molar-refractivity contribution in [2.24, 2.45) is 5.73 Å². The van der Waals surface area contributed by atoms with E-state index in [4.69, 9.17) is 24.7 Å². The molecule has 0 saturated carbocycles. The fraction of sp³-hybridized carbons (Fsp3) is 0.500. The van der Waals surface area contributed by atoms with Crippen LogP contribution < -0.4 is 5.73 Å². The van der Waals surface area contributed by atoms with Crippen LogP contribution in [0.25, 0.3) is 0 Å². The normalized spacial score (nSPS) is 32.6. The van der Waals surface area contributed by atoms with Crippen LogP contribution in [0.15, 0.2) is 24.3 Å². The second-order valence-electron chi connectivity index (χ2n) is 10.9. The van der Waals surface area contributed by atoms with Gasteiger partial charge in [-0.25, -0.2) is 0 Å². The summed E-state index contributed by atoms with van der Waals surface area (Å²) in [6, 6.07) is 5.53. The average molecular weight is 578 g/mol. The van der Waals surface area contributed by atoms with Crippen LogP contribution in [0.1, 0.15) is 75.8 Å². The van der Waals surface area contributed by atoms with Gasteiger partial charge in [0.1, 0.15) is 17.1 Å². The average Bonchev–Trinajstić information content (AvgIpc) is 3.36. The molecule has 6 N–H and O–H groups in total. The number of halogens is 1. The predicted molar refractivity (Wildman–Crippen MR) is 141 cm³/mol. The van der Waals surface area contributed by atoms with Crippen LogP contribution in [0.4, 0.5) is 0 Å². The van der Waals surface area contributed by atoms with E-state index < -0.39 is 65.1 Å². The molecule has 4 aliphatic rings. The smallest absolute Gasteiger partial charge is 0.198 e. The van der Waals surface area contributed by atoms with Crippen molar-refractivity contribution in [3.8, 4) is 11.5 Å². The maximum Gasteiger partial charge on any atom is 0.198 e. The van der Waals surface area contributed by atoms with E-state index >= 15 is 0 Å². The molecule has 216 valence electrons. The Bertz CT molecular complexity index is 1360. The summed E-state index contributed by atoms with van der Waals surface area (Å²) in [5.74, 6) is -3.75. The van der Waals surface area contributed by atoms with E-state index in [1.54, 1.807) is 26.0 Å². The van der Waals surface area contributed by atoms with Crippen molar-refractivity contribution in [2.45, 2.75) is 75.1 Å². The molecule has 0 bridgehead atoms. The maximum absolute atomic E-state index is 13.5. The molecule has 0 radical (unpaired) electrons. The Kier molecular flexibility index (Phi) is 7.25. The molecular weight excluding hydrogens is 546 g/mol. The number of carbonyl (C=O) groups is 2. The van der Waals surface area contributed by atoms with Gasteiger partial charge in [0.15, 0.2) is 23.6 Å². The summed E-state index contributed by atoms with van der Waals surface area (Å²) < 4.78 is 23.6. The summed E-state index contributed by atoms with van der Waals surface area (Å²) in [5.41, 5.74) is 3.99. The summed E-state index contributed by atoms with van der Waals surface area (Å²) in [6.07, 6.45) is -3.93. The summed E-state index contributed by atoms with van der Waals surface area (Å²) in [5, 5.41) is 45.2. The molecule has 2 aliphatic heterocycles. The first-order valence-electron chi connectivity index (χ1n) is 13.0. The Morgan fingerprint density at radius 3 is 2.17 bits per heavy atom. The number of phenols is 2. The van der Waals surface area contributed by atoms with Crippen molar-refractivity contribution in [1.82, 2.24) is 0 Å². The molecule has 11 nitrogen and oxygen atoms in total. The van der Waals surface area contributed by atoms with Gasteiger partial charge < -0.3 is 45.1 Å². The van der Waals surface area contributed by atoms with Crippen LogP contribution in [0.5, 0.6) is 11.5 Å². The quantitative estimate of drug-likeness (QED) is 0.286. The zero-order chi connectivity index (χ0) is 27.9. The second kappa shape index (κ2) is 10.0. The fourth-order valence-electron chi connectivity index (χ4n) is 6.28. The lowest BCUT2D eigenvalue weighted by Gasteiger charge is -2.47. The standard InChI is InChI=1S/C28H31NO10.ClH/c1-12-22(30)16(29)9-18(38-12)39-17-11-28(35,27(2)36-7-8-37-27)10-15-19(17)26(34)21-20(25(15)33)23(31)13-5-3-4-6-14(13)24(21)32;/h3-6,12,16-18,22,30,33-35H,7-11,29H2,1-2H3;1H/t12-,16-,17-,18-,22+,28-;/m0./s1. The summed E-state index contributed by atoms with van der Waals surface area (Å²) in [4.78, 5) is 27.0. The molecule has 0 aromatic heterocycles. The van der Waals surface area contributed by atoms with E-state index in [2.05, 4.69) is 0 Å². The van der Waals surface area contributed by atoms with Gasteiger partial charge in [0.2, 0.25) is 0 Å². The van der Waals surface area contributed by atoms with Crippen LogP contribution in [0, 0.1) is 0 Å². The van der Waals surface area contributed by atoms with Crippen LogP contribution >= 0.6 is 12.4 Å². The number of aliphatic hydroxyl groups is 2. The highest BCUT2D eigenvalue weighted by Gasteiger charge is 2.57. The van der Waals surface area contributed by atoms with Gasteiger partial charge in [0.25, 0.3) is 0 Å². The molecule has 2 aliphatic carbocycles. The predicted octanol–water partition coefficient (Wildman–Crippen LogP) is 1.62. The lowest BCUT2D eigenvalue weighted by atomic mass is 9.70. The van der Waals surface area contributed by atoms with Gasteiger partial charge >= 0.3 is 0 Å². The van der Waals surface area contributed by atoms with Crippen molar-refractivity contribution in [3.63, 3.8) is 0 Å². The number of carbonyl (C=O) groups excluding carboxylic acids is 2. The molecule has 2 aromatic rings. The van der Waals surface area contributed by atoms with Gasteiger partial charge in [-0.1, -0.05) is 24.3 Å². The highest BCUT2D eigenvalue weighted by molar-refractivity contribution is 6.30. The molecule has 6 atom stereocenters. The summed E-state index contributed by atoms with van der Waals surface area (Å²) >= 11 is 0. The number of benzene rings is 2. The van der Waals surface area contributed by atoms with Gasteiger partial charge in [-0.15, -0.1) is 12.4 Å². The third-order valence-corrected chi connectivity index (χ3v) is 8.52. The van der Waals surface area contributed by atoms with Crippen molar-refractivity contribution in [3.05, 3.63) is 57.6 Å². The zero-order valence-corrected chi connectivity index (χ0v) is 22.8. The van der Waals surface area contributed by atoms with Crippen molar-refractivity contribution >= 4 is 24.0 Å². The number of ether oxygens (including phenoxy) is 4. The van der Waals surface area contributed by atoms with Crippen LogP contribution in [-0.2, 0) is 25.4 Å². The first-order valence-corrected chi connectivity index (χ1v) is 13.0. The van der Waals surface area contributed by atoms with Gasteiger partial charge in [0.05, 0.1) is 42.7 Å². The molecule has 6 rings (SSSR count). The van der Waals surface area contributed by atoms with E-state index in [1.165, 1.54) is 12.1 Å². The molecule has 0 spiro atoms. The van der Waals surface area contributed by atoms with Crippen molar-refractivity contribution in [2.75, 3.05) is 13.2 Å². The minimum absolute atomic E-state index is 0. The molecule has 0 unspecified atom stereocenters. The lowest BCUT2D eigenvalue weighted by Crippen LogP contribution is -2.58. The molecule has 2 heterocycles. The third kappa shape index (κ3) is 4.15. The fourth-order valence-corrected chi connectivity index (χ4v) is 6.28. The first-order chi connectivity index (χ1) is 18.5. The highest BCUT2D eigenvalue weighted by atomic mass is 35.5. The number of nitrogens with two attached hydrogens (primary N) is 1. The zero-order valence-electron chi connectivity index (χ0n) is 22.0. The number of aromatic hydroxyl groups is 2. The van der Waals surface area contributed by atoms with Crippen molar-refractivity contribution < 1.29 is 49.0 Å². The summed E-state index contributed by atoms with van der Waals surface area (Å²) in [7, 11) is 0. The topological polar surface area (TPSA) is 178 Å². The molecule has 40 heavy (non-hydrogen) atoms. The third-order valence-electron chi connectivity index (χ3n) is 8.52. The monoisotopic (exact) mass is 577 g/mol. The molecule has 0 amide bonds. The Morgan fingerprint density at radius 1 is 1.02 bits per heavy atom. The molecule has 2 aromatic carbocycles.